The smallest absolute Gasteiger partial charge is 0.130 e. The summed E-state index contributed by atoms with van der Waals surface area (Å²) < 4.78 is 5.66. The van der Waals surface area contributed by atoms with Crippen molar-refractivity contribution in [1.29, 1.82) is 0 Å². The molecule has 0 radical (unpaired) electrons. The van der Waals surface area contributed by atoms with Crippen molar-refractivity contribution in [2.45, 2.75) is 32.6 Å². The third-order valence-electron chi connectivity index (χ3n) is 4.53. The number of allylic oxidation sites excluding steroid dienone is 1. The fourth-order valence-corrected chi connectivity index (χ4v) is 3.74. The number of aryl methyl sites for hydroxylation is 1. The highest BCUT2D eigenvalue weighted by molar-refractivity contribution is 5.82. The van der Waals surface area contributed by atoms with Crippen LogP contribution in [0.1, 0.15) is 42.0 Å². The van der Waals surface area contributed by atoms with Gasteiger partial charge in [-0.3, -0.25) is 0 Å². The van der Waals surface area contributed by atoms with E-state index in [1.54, 1.807) is 11.3 Å². The van der Waals surface area contributed by atoms with Crippen molar-refractivity contribution in [2.75, 3.05) is 18.0 Å². The van der Waals surface area contributed by atoms with E-state index in [4.69, 9.17) is 4.74 Å². The number of hydrogen-bond donors (Lipinski definition) is 0. The molecule has 4 rings (SSSR count). The molecule has 0 fully saturated rings. The first kappa shape index (κ1) is 11.2. The van der Waals surface area contributed by atoms with Crippen LogP contribution in [-0.2, 0) is 17.6 Å². The SMILES string of the molecule is C/C=C1\OC=Cc2c1cc1c3c2CCCN3CCC1. The fourth-order valence-electron chi connectivity index (χ4n) is 3.74. The van der Waals surface area contributed by atoms with E-state index in [1.807, 2.05) is 6.26 Å². The summed E-state index contributed by atoms with van der Waals surface area (Å²) in [5.41, 5.74) is 7.31. The van der Waals surface area contributed by atoms with Gasteiger partial charge in [0.1, 0.15) is 5.76 Å². The number of rotatable bonds is 0. The van der Waals surface area contributed by atoms with Crippen LogP contribution in [0.25, 0.3) is 11.8 Å². The lowest BCUT2D eigenvalue weighted by molar-refractivity contribution is 0.435. The Morgan fingerprint density at radius 3 is 2.89 bits per heavy atom. The predicted molar refractivity (Wildman–Crippen MR) is 79.1 cm³/mol. The summed E-state index contributed by atoms with van der Waals surface area (Å²) in [7, 11) is 0. The van der Waals surface area contributed by atoms with Gasteiger partial charge in [-0.25, -0.2) is 0 Å². The number of ether oxygens (including phenoxy) is 1. The minimum atomic E-state index is 1.01. The monoisotopic (exact) mass is 253 g/mol. The van der Waals surface area contributed by atoms with Crippen LogP contribution in [0.15, 0.2) is 18.4 Å². The van der Waals surface area contributed by atoms with Gasteiger partial charge in [0.25, 0.3) is 0 Å². The van der Waals surface area contributed by atoms with Gasteiger partial charge in [-0.15, -0.1) is 0 Å². The van der Waals surface area contributed by atoms with Crippen LogP contribution in [0.4, 0.5) is 5.69 Å². The van der Waals surface area contributed by atoms with Crippen molar-refractivity contribution >= 4 is 17.5 Å². The average Bonchev–Trinajstić information content (AvgIpc) is 2.47. The van der Waals surface area contributed by atoms with E-state index < -0.39 is 0 Å². The molecular weight excluding hydrogens is 234 g/mol. The first-order chi connectivity index (χ1) is 9.38. The maximum absolute atomic E-state index is 5.66. The van der Waals surface area contributed by atoms with Crippen LogP contribution < -0.4 is 4.90 Å². The van der Waals surface area contributed by atoms with E-state index in [1.165, 1.54) is 55.5 Å². The Balaban J connectivity index is 2.01. The molecule has 98 valence electrons. The molecule has 2 nitrogen and oxygen atoms in total. The second-order valence-electron chi connectivity index (χ2n) is 5.59. The minimum Gasteiger partial charge on any atom is -0.465 e. The maximum Gasteiger partial charge on any atom is 0.130 e. The lowest BCUT2D eigenvalue weighted by Crippen LogP contribution is -2.35. The third kappa shape index (κ3) is 1.55. The lowest BCUT2D eigenvalue weighted by atomic mass is 9.85. The van der Waals surface area contributed by atoms with E-state index in [0.717, 1.165) is 5.76 Å². The number of anilines is 1. The second-order valence-corrected chi connectivity index (χ2v) is 5.59. The quantitative estimate of drug-likeness (QED) is 0.698. The molecule has 2 heteroatoms. The Hall–Kier alpha value is -1.70. The summed E-state index contributed by atoms with van der Waals surface area (Å²) in [6, 6.07) is 2.37. The number of hydrogen-bond acceptors (Lipinski definition) is 2. The molecule has 0 amide bonds. The molecule has 0 aliphatic carbocycles. The van der Waals surface area contributed by atoms with Gasteiger partial charge in [-0.1, -0.05) is 0 Å². The molecule has 0 aromatic heterocycles. The van der Waals surface area contributed by atoms with Crippen LogP contribution >= 0.6 is 0 Å². The highest BCUT2D eigenvalue weighted by atomic mass is 16.5. The molecule has 0 bridgehead atoms. The molecular formula is C17H19NO. The zero-order valence-electron chi connectivity index (χ0n) is 11.4. The van der Waals surface area contributed by atoms with E-state index in [0.29, 0.717) is 0 Å². The summed E-state index contributed by atoms with van der Waals surface area (Å²) in [6.07, 6.45) is 11.1. The fraction of sp³-hybridized carbons (Fsp3) is 0.412. The van der Waals surface area contributed by atoms with E-state index in [2.05, 4.69) is 30.0 Å². The summed E-state index contributed by atoms with van der Waals surface area (Å²) in [4.78, 5) is 2.59. The van der Waals surface area contributed by atoms with Crippen molar-refractivity contribution in [2.24, 2.45) is 0 Å². The van der Waals surface area contributed by atoms with Crippen LogP contribution in [0.2, 0.25) is 0 Å². The van der Waals surface area contributed by atoms with Crippen molar-refractivity contribution in [3.63, 3.8) is 0 Å². The Bertz CT molecular complexity index is 596. The van der Waals surface area contributed by atoms with Crippen LogP contribution in [0, 0.1) is 0 Å². The molecule has 0 spiro atoms. The van der Waals surface area contributed by atoms with E-state index >= 15 is 0 Å². The van der Waals surface area contributed by atoms with Crippen LogP contribution in [0.3, 0.4) is 0 Å². The molecule has 1 aromatic carbocycles. The third-order valence-corrected chi connectivity index (χ3v) is 4.53. The van der Waals surface area contributed by atoms with E-state index in [-0.39, 0.29) is 0 Å². The molecule has 1 aromatic rings. The van der Waals surface area contributed by atoms with Crippen molar-refractivity contribution < 1.29 is 4.74 Å². The van der Waals surface area contributed by atoms with Crippen molar-refractivity contribution in [3.8, 4) is 0 Å². The molecule has 0 atom stereocenters. The van der Waals surface area contributed by atoms with Gasteiger partial charge in [0.15, 0.2) is 0 Å². The Morgan fingerprint density at radius 2 is 2.05 bits per heavy atom. The second kappa shape index (κ2) is 4.16. The molecule has 3 aliphatic heterocycles. The van der Waals surface area contributed by atoms with Gasteiger partial charge in [-0.05, 0) is 67.5 Å². The normalized spacial score (nSPS) is 21.9. The van der Waals surface area contributed by atoms with Crippen LogP contribution in [0.5, 0.6) is 0 Å². The zero-order chi connectivity index (χ0) is 12.8. The highest BCUT2D eigenvalue weighted by Gasteiger charge is 2.28. The first-order valence-corrected chi connectivity index (χ1v) is 7.32. The van der Waals surface area contributed by atoms with Gasteiger partial charge >= 0.3 is 0 Å². The van der Waals surface area contributed by atoms with Gasteiger partial charge in [0.05, 0.1) is 6.26 Å². The minimum absolute atomic E-state index is 1.01. The molecule has 0 N–H and O–H groups in total. The first-order valence-electron chi connectivity index (χ1n) is 7.32. The largest absolute Gasteiger partial charge is 0.465 e. The van der Waals surface area contributed by atoms with E-state index in [9.17, 15) is 0 Å². The maximum atomic E-state index is 5.66. The number of fused-ring (bicyclic) bond motifs is 2. The Morgan fingerprint density at radius 1 is 1.21 bits per heavy atom. The summed E-state index contributed by atoms with van der Waals surface area (Å²) >= 11 is 0. The lowest BCUT2D eigenvalue weighted by Gasteiger charge is -2.38. The molecule has 0 unspecified atom stereocenters. The van der Waals surface area contributed by atoms with Crippen molar-refractivity contribution in [3.05, 3.63) is 40.7 Å². The van der Waals surface area contributed by atoms with Gasteiger partial charge in [0, 0.05) is 24.3 Å². The summed E-state index contributed by atoms with van der Waals surface area (Å²) in [5, 5.41) is 0. The van der Waals surface area contributed by atoms with Crippen molar-refractivity contribution in [1.82, 2.24) is 0 Å². The van der Waals surface area contributed by atoms with Gasteiger partial charge < -0.3 is 9.64 Å². The molecule has 3 heterocycles. The Labute approximate surface area is 114 Å². The summed E-state index contributed by atoms with van der Waals surface area (Å²) in [6.45, 7) is 4.51. The average molecular weight is 253 g/mol. The Kier molecular flexibility index (Phi) is 2.44. The highest BCUT2D eigenvalue weighted by Crippen LogP contribution is 2.42. The van der Waals surface area contributed by atoms with Crippen LogP contribution in [-0.4, -0.2) is 13.1 Å². The zero-order valence-corrected chi connectivity index (χ0v) is 11.4. The topological polar surface area (TPSA) is 12.5 Å². The number of benzene rings is 1. The summed E-state index contributed by atoms with van der Waals surface area (Å²) in [5.74, 6) is 1.01. The number of nitrogens with zero attached hydrogens (tertiary/aromatic N) is 1. The predicted octanol–water partition coefficient (Wildman–Crippen LogP) is 3.75. The van der Waals surface area contributed by atoms with Gasteiger partial charge in [0.2, 0.25) is 0 Å². The molecule has 0 saturated heterocycles. The molecule has 0 saturated carbocycles. The molecule has 3 aliphatic rings. The van der Waals surface area contributed by atoms with Gasteiger partial charge in [-0.2, -0.15) is 0 Å². The molecule has 19 heavy (non-hydrogen) atoms. The standard InChI is InChI=1S/C17H19NO/c1-2-16-15-11-12-5-3-8-18-9-4-6-14(17(12)18)13(15)7-10-19-16/h2,7,10-11H,3-6,8-9H2,1H3/b16-2-.